The van der Waals surface area contributed by atoms with Crippen molar-refractivity contribution in [2.45, 2.75) is 49.6 Å². The first-order valence-corrected chi connectivity index (χ1v) is 12.4. The van der Waals surface area contributed by atoms with E-state index in [0.717, 1.165) is 37.7 Å². The Hall–Kier alpha value is -2.84. The highest BCUT2D eigenvalue weighted by molar-refractivity contribution is 5.88. The zero-order valence-corrected chi connectivity index (χ0v) is 21.2. The Morgan fingerprint density at radius 2 is 1.77 bits per heavy atom. The smallest absolute Gasteiger partial charge is 0.321 e. The maximum atomic E-state index is 13.5. The van der Waals surface area contributed by atoms with E-state index < -0.39 is 0 Å². The number of carbonyl (C=O) groups excluding carboxylic acids is 2. The molecule has 1 spiro atoms. The molecule has 0 radical (unpaired) electrons. The van der Waals surface area contributed by atoms with Gasteiger partial charge in [-0.25, -0.2) is 14.8 Å². The monoisotopic (exact) mass is 479 g/mol. The summed E-state index contributed by atoms with van der Waals surface area (Å²) in [7, 11) is 5.99. The lowest BCUT2D eigenvalue weighted by Gasteiger charge is -2.51. The van der Waals surface area contributed by atoms with Crippen molar-refractivity contribution < 1.29 is 14.3 Å². The Bertz CT molecular complexity index is 990. The Morgan fingerprint density at radius 3 is 2.40 bits per heavy atom. The zero-order valence-electron chi connectivity index (χ0n) is 21.2. The summed E-state index contributed by atoms with van der Waals surface area (Å²) in [6, 6.07) is 10.7. The minimum Gasteiger partial charge on any atom is -0.385 e. The Morgan fingerprint density at radius 1 is 1.09 bits per heavy atom. The van der Waals surface area contributed by atoms with Crippen molar-refractivity contribution in [1.29, 1.82) is 0 Å². The van der Waals surface area contributed by atoms with E-state index >= 15 is 0 Å². The van der Waals surface area contributed by atoms with E-state index in [2.05, 4.69) is 59.3 Å². The predicted octanol–water partition coefficient (Wildman–Crippen LogP) is 3.13. The van der Waals surface area contributed by atoms with E-state index in [4.69, 9.17) is 4.74 Å². The van der Waals surface area contributed by atoms with Gasteiger partial charge in [0.25, 0.3) is 0 Å². The minimum atomic E-state index is -0.255. The summed E-state index contributed by atoms with van der Waals surface area (Å²) in [5.74, 6) is 0.00442. The molecule has 188 valence electrons. The summed E-state index contributed by atoms with van der Waals surface area (Å²) in [4.78, 5) is 40.5. The number of hydrogen-bond acceptors (Lipinski definition) is 6. The Kier molecular flexibility index (Phi) is 7.82. The second-order valence-electron chi connectivity index (χ2n) is 10.1. The van der Waals surface area contributed by atoms with E-state index in [-0.39, 0.29) is 35.9 Å². The van der Waals surface area contributed by atoms with Crippen molar-refractivity contribution in [3.63, 3.8) is 0 Å². The van der Waals surface area contributed by atoms with Gasteiger partial charge in [0, 0.05) is 51.2 Å². The number of hydrogen-bond donors (Lipinski definition) is 0. The van der Waals surface area contributed by atoms with Crippen LogP contribution >= 0.6 is 0 Å². The van der Waals surface area contributed by atoms with Crippen LogP contribution in [0.25, 0.3) is 0 Å². The maximum Gasteiger partial charge on any atom is 0.321 e. The van der Waals surface area contributed by atoms with Crippen molar-refractivity contribution in [1.82, 2.24) is 24.7 Å². The average molecular weight is 480 g/mol. The van der Waals surface area contributed by atoms with Crippen LogP contribution in [0.3, 0.4) is 0 Å². The summed E-state index contributed by atoms with van der Waals surface area (Å²) in [6.07, 6.45) is 9.49. The molecule has 1 aromatic carbocycles. The number of aromatic nitrogens is 2. The summed E-state index contributed by atoms with van der Waals surface area (Å²) in [5.41, 5.74) is 1.79. The number of amides is 2. The number of carbonyl (C=O) groups is 2. The first-order chi connectivity index (χ1) is 16.9. The van der Waals surface area contributed by atoms with E-state index in [1.807, 2.05) is 4.90 Å². The van der Waals surface area contributed by atoms with Crippen molar-refractivity contribution >= 4 is 11.8 Å². The van der Waals surface area contributed by atoms with Crippen molar-refractivity contribution in [2.24, 2.45) is 0 Å². The lowest BCUT2D eigenvalue weighted by molar-refractivity contribution is -0.119. The average Bonchev–Trinajstić information content (AvgIpc) is 3.11. The second kappa shape index (κ2) is 10.8. The number of methoxy groups -OCH3 is 1. The van der Waals surface area contributed by atoms with Crippen LogP contribution in [0.1, 0.15) is 43.2 Å². The van der Waals surface area contributed by atoms with Crippen LogP contribution in [-0.4, -0.2) is 89.5 Å². The van der Waals surface area contributed by atoms with Crippen LogP contribution in [0, 0.1) is 0 Å². The molecular weight excluding hydrogens is 442 g/mol. The lowest BCUT2D eigenvalue weighted by Crippen LogP contribution is -2.55. The molecule has 2 heterocycles. The molecule has 2 aliphatic rings. The summed E-state index contributed by atoms with van der Waals surface area (Å²) >= 11 is 0. The lowest BCUT2D eigenvalue weighted by atomic mass is 9.68. The van der Waals surface area contributed by atoms with E-state index in [9.17, 15) is 9.59 Å². The van der Waals surface area contributed by atoms with Gasteiger partial charge in [0.1, 0.15) is 6.33 Å². The first-order valence-electron chi connectivity index (χ1n) is 12.4. The van der Waals surface area contributed by atoms with Gasteiger partial charge in [0.2, 0.25) is 0 Å². The molecule has 4 rings (SSSR count). The second-order valence-corrected chi connectivity index (χ2v) is 10.1. The number of ketones is 1. The van der Waals surface area contributed by atoms with Crippen molar-refractivity contribution in [3.05, 3.63) is 60.2 Å². The predicted molar refractivity (Wildman–Crippen MR) is 134 cm³/mol. The van der Waals surface area contributed by atoms with E-state index in [1.54, 1.807) is 24.4 Å². The molecule has 8 nitrogen and oxygen atoms in total. The van der Waals surface area contributed by atoms with Gasteiger partial charge < -0.3 is 14.5 Å². The third-order valence-electron chi connectivity index (χ3n) is 7.85. The molecule has 2 aromatic rings. The van der Waals surface area contributed by atoms with E-state index in [1.165, 1.54) is 11.9 Å². The molecule has 0 atom stereocenters. The summed E-state index contributed by atoms with van der Waals surface area (Å²) in [6.45, 7) is 1.96. The topological polar surface area (TPSA) is 78.9 Å². The molecular formula is C27H37N5O3. The van der Waals surface area contributed by atoms with Crippen molar-refractivity contribution in [3.8, 4) is 0 Å². The van der Waals surface area contributed by atoms with Gasteiger partial charge in [-0.3, -0.25) is 9.69 Å². The SMILES string of the molecule is COCCCN1C(=O)N(CC(=O)Cc2cncnc2)CC12CCC(c1ccccc1)(N(C)C)CC2. The molecule has 0 bridgehead atoms. The van der Waals surface area contributed by atoms with Gasteiger partial charge in [0.15, 0.2) is 5.78 Å². The van der Waals surface area contributed by atoms with Gasteiger partial charge in [-0.05, 0) is 57.3 Å². The molecule has 8 heteroatoms. The molecule has 0 N–H and O–H groups in total. The van der Waals surface area contributed by atoms with Crippen molar-refractivity contribution in [2.75, 3.05) is 47.4 Å². The summed E-state index contributed by atoms with van der Waals surface area (Å²) in [5, 5.41) is 0. The number of benzene rings is 1. The largest absolute Gasteiger partial charge is 0.385 e. The maximum absolute atomic E-state index is 13.5. The Labute approximate surface area is 208 Å². The molecule has 0 unspecified atom stereocenters. The van der Waals surface area contributed by atoms with E-state index in [0.29, 0.717) is 19.7 Å². The van der Waals surface area contributed by atoms with Gasteiger partial charge >= 0.3 is 6.03 Å². The van der Waals surface area contributed by atoms with Crippen LogP contribution in [0.15, 0.2) is 49.1 Å². The quantitative estimate of drug-likeness (QED) is 0.487. The molecule has 1 aromatic heterocycles. The van der Waals surface area contributed by atoms with Gasteiger partial charge in [-0.1, -0.05) is 30.3 Å². The fourth-order valence-electron chi connectivity index (χ4n) is 5.92. The molecule has 2 amide bonds. The normalized spacial score (nSPS) is 24.5. The van der Waals surface area contributed by atoms with Gasteiger partial charge in [-0.15, -0.1) is 0 Å². The minimum absolute atomic E-state index is 0.00442. The fourth-order valence-corrected chi connectivity index (χ4v) is 5.92. The van der Waals surface area contributed by atoms with Gasteiger partial charge in [0.05, 0.1) is 12.1 Å². The van der Waals surface area contributed by atoms with Crippen LogP contribution in [0.2, 0.25) is 0 Å². The molecule has 1 saturated carbocycles. The first kappa shape index (κ1) is 25.3. The number of urea groups is 1. The fraction of sp³-hybridized carbons (Fsp3) is 0.556. The standard InChI is InChI=1S/C27H37N5O3/c1-30(2)27(23-8-5-4-6-9-23)12-10-26(11-13-27)20-31(25(34)32(26)14-7-15-35-3)19-24(33)16-22-17-28-21-29-18-22/h4-6,8-9,17-18,21H,7,10-16,19-20H2,1-3H3. The molecule has 1 saturated heterocycles. The van der Waals surface area contributed by atoms with Crippen LogP contribution in [0.4, 0.5) is 4.79 Å². The summed E-state index contributed by atoms with van der Waals surface area (Å²) < 4.78 is 5.27. The third-order valence-corrected chi connectivity index (χ3v) is 7.85. The highest BCUT2D eigenvalue weighted by atomic mass is 16.5. The third kappa shape index (κ3) is 5.23. The molecule has 1 aliphatic heterocycles. The van der Waals surface area contributed by atoms with Crippen LogP contribution in [0.5, 0.6) is 0 Å². The number of ether oxygens (including phenoxy) is 1. The van der Waals surface area contributed by atoms with Crippen LogP contribution < -0.4 is 0 Å². The van der Waals surface area contributed by atoms with Gasteiger partial charge in [-0.2, -0.15) is 0 Å². The van der Waals surface area contributed by atoms with Crippen LogP contribution in [-0.2, 0) is 21.5 Å². The molecule has 1 aliphatic carbocycles. The highest BCUT2D eigenvalue weighted by Crippen LogP contribution is 2.48. The zero-order chi connectivity index (χ0) is 24.9. The molecule has 2 fully saturated rings. The number of rotatable bonds is 10. The number of Topliss-reactive ketones (excluding diaryl/α,β-unsaturated/α-hetero) is 1. The highest BCUT2D eigenvalue weighted by Gasteiger charge is 2.54. The molecule has 35 heavy (non-hydrogen) atoms. The Balaban J connectivity index is 1.52. The number of nitrogens with zero attached hydrogens (tertiary/aromatic N) is 5.